The van der Waals surface area contributed by atoms with Crippen LogP contribution in [0.3, 0.4) is 0 Å². The van der Waals surface area contributed by atoms with Crippen LogP contribution in [0.15, 0.2) is 42.7 Å². The first-order valence-electron chi connectivity index (χ1n) is 7.70. The largest absolute Gasteiger partial charge is 0.493 e. The van der Waals surface area contributed by atoms with E-state index in [1.54, 1.807) is 36.7 Å². The van der Waals surface area contributed by atoms with Gasteiger partial charge in [-0.2, -0.15) is 0 Å². The summed E-state index contributed by atoms with van der Waals surface area (Å²) in [5, 5.41) is 12.4. The maximum absolute atomic E-state index is 14.2. The molecule has 0 saturated heterocycles. The van der Waals surface area contributed by atoms with Crippen molar-refractivity contribution in [2.45, 2.75) is 25.8 Å². The van der Waals surface area contributed by atoms with E-state index in [0.29, 0.717) is 17.9 Å². The van der Waals surface area contributed by atoms with E-state index in [9.17, 15) is 4.39 Å². The predicted octanol–water partition coefficient (Wildman–Crippen LogP) is 3.02. The second kappa shape index (κ2) is 8.04. The molecule has 0 aliphatic rings. The van der Waals surface area contributed by atoms with E-state index in [0.717, 1.165) is 18.5 Å². The Morgan fingerprint density at radius 1 is 1.22 bits per heavy atom. The Morgan fingerprint density at radius 3 is 2.61 bits per heavy atom. The molecule has 2 aromatic rings. The third-order valence-corrected chi connectivity index (χ3v) is 3.52. The average Bonchev–Trinajstić information content (AvgIpc) is 2.55. The molecule has 0 unspecified atom stereocenters. The SMILES string of the molecule is CC(C)(CO)NCCCOc1ccc(-c2ccncc2)c(F)c1. The molecular formula is C18H23FN2O2. The first-order valence-corrected chi connectivity index (χ1v) is 7.70. The smallest absolute Gasteiger partial charge is 0.134 e. The lowest BCUT2D eigenvalue weighted by Crippen LogP contribution is -2.43. The minimum atomic E-state index is -0.312. The van der Waals surface area contributed by atoms with Crippen LogP contribution in [0.2, 0.25) is 0 Å². The maximum Gasteiger partial charge on any atom is 0.134 e. The first kappa shape index (κ1) is 17.4. The van der Waals surface area contributed by atoms with Gasteiger partial charge in [0.1, 0.15) is 11.6 Å². The zero-order valence-corrected chi connectivity index (χ0v) is 13.6. The van der Waals surface area contributed by atoms with E-state index in [1.165, 1.54) is 6.07 Å². The molecule has 0 amide bonds. The summed E-state index contributed by atoms with van der Waals surface area (Å²) in [6.45, 7) is 5.16. The molecule has 0 fully saturated rings. The standard InChI is InChI=1S/C18H23FN2O2/c1-18(2,13-22)21-8-3-11-23-15-4-5-16(17(19)12-15)14-6-9-20-10-7-14/h4-7,9-10,12,21-22H,3,8,11,13H2,1-2H3. The van der Waals surface area contributed by atoms with Crippen molar-refractivity contribution in [3.63, 3.8) is 0 Å². The Hall–Kier alpha value is -1.98. The van der Waals surface area contributed by atoms with Crippen molar-refractivity contribution in [2.24, 2.45) is 0 Å². The highest BCUT2D eigenvalue weighted by molar-refractivity contribution is 5.64. The molecule has 124 valence electrons. The minimum Gasteiger partial charge on any atom is -0.493 e. The summed E-state index contributed by atoms with van der Waals surface area (Å²) in [5.74, 6) is 0.204. The highest BCUT2D eigenvalue weighted by Gasteiger charge is 2.14. The molecule has 1 heterocycles. The molecule has 0 aliphatic carbocycles. The summed E-state index contributed by atoms with van der Waals surface area (Å²) in [6.07, 6.45) is 4.05. The Kier molecular flexibility index (Phi) is 6.07. The average molecular weight is 318 g/mol. The number of aliphatic hydroxyl groups excluding tert-OH is 1. The van der Waals surface area contributed by atoms with Crippen molar-refractivity contribution in [1.29, 1.82) is 0 Å². The summed E-state index contributed by atoms with van der Waals surface area (Å²) in [4.78, 5) is 3.93. The number of halogens is 1. The predicted molar refractivity (Wildman–Crippen MR) is 88.9 cm³/mol. The molecule has 2 N–H and O–H groups in total. The number of pyridine rings is 1. The number of benzene rings is 1. The summed E-state index contributed by atoms with van der Waals surface area (Å²) >= 11 is 0. The van der Waals surface area contributed by atoms with Gasteiger partial charge in [-0.15, -0.1) is 0 Å². The highest BCUT2D eigenvalue weighted by Crippen LogP contribution is 2.25. The molecule has 0 atom stereocenters. The van der Waals surface area contributed by atoms with Gasteiger partial charge in [-0.1, -0.05) is 0 Å². The number of rotatable bonds is 8. The Morgan fingerprint density at radius 2 is 1.96 bits per heavy atom. The number of hydrogen-bond donors (Lipinski definition) is 2. The van der Waals surface area contributed by atoms with Crippen LogP contribution in [-0.2, 0) is 0 Å². The van der Waals surface area contributed by atoms with Gasteiger partial charge in [0, 0.05) is 29.6 Å². The molecule has 0 spiro atoms. The van der Waals surface area contributed by atoms with Crippen molar-refractivity contribution < 1.29 is 14.2 Å². The summed E-state index contributed by atoms with van der Waals surface area (Å²) in [6, 6.07) is 8.43. The van der Waals surface area contributed by atoms with Crippen LogP contribution in [-0.4, -0.2) is 35.4 Å². The molecule has 4 nitrogen and oxygen atoms in total. The van der Waals surface area contributed by atoms with Crippen molar-refractivity contribution in [1.82, 2.24) is 10.3 Å². The zero-order chi connectivity index (χ0) is 16.7. The van der Waals surface area contributed by atoms with Crippen LogP contribution in [0.25, 0.3) is 11.1 Å². The van der Waals surface area contributed by atoms with Crippen LogP contribution in [0.1, 0.15) is 20.3 Å². The first-order chi connectivity index (χ1) is 11.0. The molecule has 1 aromatic carbocycles. The number of nitrogens with one attached hydrogen (secondary N) is 1. The Labute approximate surface area is 136 Å². The molecule has 5 heteroatoms. The second-order valence-electron chi connectivity index (χ2n) is 6.05. The fourth-order valence-corrected chi connectivity index (χ4v) is 2.10. The lowest BCUT2D eigenvalue weighted by atomic mass is 10.1. The molecule has 0 bridgehead atoms. The molecular weight excluding hydrogens is 295 g/mol. The van der Waals surface area contributed by atoms with E-state index >= 15 is 0 Å². The molecule has 2 rings (SSSR count). The van der Waals surface area contributed by atoms with Gasteiger partial charge in [-0.3, -0.25) is 4.98 Å². The van der Waals surface area contributed by atoms with E-state index in [2.05, 4.69) is 10.3 Å². The van der Waals surface area contributed by atoms with Crippen LogP contribution in [0.4, 0.5) is 4.39 Å². The fourth-order valence-electron chi connectivity index (χ4n) is 2.10. The molecule has 0 aliphatic heterocycles. The van der Waals surface area contributed by atoms with Gasteiger partial charge in [0.05, 0.1) is 13.2 Å². The third-order valence-electron chi connectivity index (χ3n) is 3.52. The van der Waals surface area contributed by atoms with Gasteiger partial charge >= 0.3 is 0 Å². The van der Waals surface area contributed by atoms with E-state index in [1.807, 2.05) is 13.8 Å². The third kappa shape index (κ3) is 5.30. The molecule has 1 aromatic heterocycles. The topological polar surface area (TPSA) is 54.4 Å². The van der Waals surface area contributed by atoms with Crippen LogP contribution in [0.5, 0.6) is 5.75 Å². The molecule has 0 radical (unpaired) electrons. The normalized spacial score (nSPS) is 11.5. The number of aliphatic hydroxyl groups is 1. The summed E-state index contributed by atoms with van der Waals surface area (Å²) in [5.41, 5.74) is 1.03. The Balaban J connectivity index is 1.85. The fraction of sp³-hybridized carbons (Fsp3) is 0.389. The van der Waals surface area contributed by atoms with Gasteiger partial charge in [-0.05, 0) is 56.6 Å². The monoisotopic (exact) mass is 318 g/mol. The molecule has 0 saturated carbocycles. The van der Waals surface area contributed by atoms with Gasteiger partial charge in [0.15, 0.2) is 0 Å². The minimum absolute atomic E-state index is 0.0789. The lowest BCUT2D eigenvalue weighted by Gasteiger charge is -2.23. The second-order valence-corrected chi connectivity index (χ2v) is 6.05. The summed E-state index contributed by atoms with van der Waals surface area (Å²) < 4.78 is 19.7. The lowest BCUT2D eigenvalue weighted by molar-refractivity contribution is 0.185. The number of aromatic nitrogens is 1. The van der Waals surface area contributed by atoms with Crippen molar-refractivity contribution in [3.8, 4) is 16.9 Å². The van der Waals surface area contributed by atoms with E-state index in [4.69, 9.17) is 9.84 Å². The van der Waals surface area contributed by atoms with Gasteiger partial charge in [-0.25, -0.2) is 4.39 Å². The van der Waals surface area contributed by atoms with Crippen molar-refractivity contribution in [3.05, 3.63) is 48.5 Å². The van der Waals surface area contributed by atoms with Crippen LogP contribution < -0.4 is 10.1 Å². The summed E-state index contributed by atoms with van der Waals surface area (Å²) in [7, 11) is 0. The van der Waals surface area contributed by atoms with Gasteiger partial charge in [0.25, 0.3) is 0 Å². The van der Waals surface area contributed by atoms with Gasteiger partial charge < -0.3 is 15.2 Å². The van der Waals surface area contributed by atoms with Gasteiger partial charge in [0.2, 0.25) is 0 Å². The van der Waals surface area contributed by atoms with Crippen molar-refractivity contribution in [2.75, 3.05) is 19.8 Å². The Bertz CT molecular complexity index is 618. The number of ether oxygens (including phenoxy) is 1. The number of hydrogen-bond acceptors (Lipinski definition) is 4. The van der Waals surface area contributed by atoms with E-state index < -0.39 is 0 Å². The van der Waals surface area contributed by atoms with Crippen molar-refractivity contribution >= 4 is 0 Å². The maximum atomic E-state index is 14.2. The quantitative estimate of drug-likeness (QED) is 0.735. The highest BCUT2D eigenvalue weighted by atomic mass is 19.1. The van der Waals surface area contributed by atoms with Crippen LogP contribution >= 0.6 is 0 Å². The van der Waals surface area contributed by atoms with E-state index in [-0.39, 0.29) is 18.0 Å². The van der Waals surface area contributed by atoms with Crippen LogP contribution in [0, 0.1) is 5.82 Å². The number of nitrogens with zero attached hydrogens (tertiary/aromatic N) is 1. The molecule has 23 heavy (non-hydrogen) atoms. The zero-order valence-electron chi connectivity index (χ0n) is 13.6.